The molecule has 0 saturated carbocycles. The van der Waals surface area contributed by atoms with E-state index in [9.17, 15) is 14.0 Å². The summed E-state index contributed by atoms with van der Waals surface area (Å²) in [5, 5.41) is 0.135. The fourth-order valence-corrected chi connectivity index (χ4v) is 1.20. The van der Waals surface area contributed by atoms with E-state index in [0.717, 1.165) is 0 Å². The lowest BCUT2D eigenvalue weighted by Gasteiger charge is -1.97. The molecule has 0 bridgehead atoms. The van der Waals surface area contributed by atoms with Crippen molar-refractivity contribution in [2.45, 2.75) is 0 Å². The number of nitrogens with one attached hydrogen (secondary N) is 1. The number of H-pyrrole nitrogens is 1. The maximum absolute atomic E-state index is 13.2. The Balaban J connectivity index is 2.97. The number of carbonyl (C=O) groups excluding carboxylic acids is 1. The summed E-state index contributed by atoms with van der Waals surface area (Å²) >= 11 is 0. The van der Waals surface area contributed by atoms with Crippen LogP contribution in [-0.4, -0.2) is 16.3 Å². The van der Waals surface area contributed by atoms with Gasteiger partial charge in [0.2, 0.25) is 0 Å². The van der Waals surface area contributed by atoms with Crippen molar-refractivity contribution < 1.29 is 9.18 Å². The third kappa shape index (κ3) is 1.19. The van der Waals surface area contributed by atoms with E-state index < -0.39 is 11.4 Å². The molecule has 0 aliphatic heterocycles. The first-order chi connectivity index (χ1) is 6.72. The van der Waals surface area contributed by atoms with Crippen LogP contribution in [0.1, 0.15) is 10.6 Å². The number of aromatic nitrogens is 2. The molecule has 0 unspecified atom stereocenters. The van der Waals surface area contributed by atoms with Gasteiger partial charge in [0.15, 0.2) is 12.1 Å². The average Bonchev–Trinajstić information content (AvgIpc) is 2.19. The highest BCUT2D eigenvalue weighted by Crippen LogP contribution is 2.10. The fraction of sp³-hybridized carbons (Fsp3) is 0. The molecule has 0 radical (unpaired) electrons. The number of halogens is 1. The van der Waals surface area contributed by atoms with Gasteiger partial charge in [-0.3, -0.25) is 9.59 Å². The van der Waals surface area contributed by atoms with E-state index in [1.54, 1.807) is 0 Å². The van der Waals surface area contributed by atoms with Gasteiger partial charge in [0.05, 0.1) is 5.39 Å². The van der Waals surface area contributed by atoms with Crippen molar-refractivity contribution in [1.29, 1.82) is 0 Å². The molecule has 1 heterocycles. The van der Waals surface area contributed by atoms with Gasteiger partial charge in [-0.25, -0.2) is 9.37 Å². The van der Waals surface area contributed by atoms with Crippen LogP contribution in [-0.2, 0) is 0 Å². The minimum absolute atomic E-state index is 0.0849. The number of rotatable bonds is 1. The minimum Gasteiger partial charge on any atom is -0.304 e. The first-order valence-corrected chi connectivity index (χ1v) is 3.86. The van der Waals surface area contributed by atoms with Gasteiger partial charge in [0, 0.05) is 0 Å². The van der Waals surface area contributed by atoms with Gasteiger partial charge in [-0.05, 0) is 12.1 Å². The summed E-state index contributed by atoms with van der Waals surface area (Å²) in [6.07, 6.45) is 0.368. The fourth-order valence-electron chi connectivity index (χ4n) is 1.20. The molecule has 1 N–H and O–H groups in total. The van der Waals surface area contributed by atoms with Gasteiger partial charge in [0.25, 0.3) is 5.56 Å². The van der Waals surface area contributed by atoms with Gasteiger partial charge in [-0.15, -0.1) is 0 Å². The van der Waals surface area contributed by atoms with Crippen LogP contribution in [0, 0.1) is 5.82 Å². The summed E-state index contributed by atoms with van der Waals surface area (Å²) in [6.45, 7) is 0. The summed E-state index contributed by atoms with van der Waals surface area (Å²) in [7, 11) is 0. The van der Waals surface area contributed by atoms with E-state index >= 15 is 0 Å². The predicted molar refractivity (Wildman–Crippen MR) is 47.7 cm³/mol. The monoisotopic (exact) mass is 192 g/mol. The zero-order valence-corrected chi connectivity index (χ0v) is 6.95. The van der Waals surface area contributed by atoms with Crippen LogP contribution >= 0.6 is 0 Å². The van der Waals surface area contributed by atoms with Crippen molar-refractivity contribution in [3.05, 3.63) is 40.2 Å². The van der Waals surface area contributed by atoms with E-state index in [-0.39, 0.29) is 16.7 Å². The maximum atomic E-state index is 13.2. The van der Waals surface area contributed by atoms with Crippen LogP contribution in [0.3, 0.4) is 0 Å². The van der Waals surface area contributed by atoms with Crippen molar-refractivity contribution in [3.8, 4) is 0 Å². The number of hydrogen-bond donors (Lipinski definition) is 1. The molecule has 0 saturated heterocycles. The Kier molecular flexibility index (Phi) is 1.85. The van der Waals surface area contributed by atoms with Crippen LogP contribution in [0.15, 0.2) is 23.0 Å². The van der Waals surface area contributed by atoms with Crippen LogP contribution in [0.2, 0.25) is 0 Å². The summed E-state index contributed by atoms with van der Waals surface area (Å²) in [4.78, 5) is 27.5. The molecule has 0 fully saturated rings. The lowest BCUT2D eigenvalue weighted by Crippen LogP contribution is -2.11. The zero-order chi connectivity index (χ0) is 10.1. The van der Waals surface area contributed by atoms with Gasteiger partial charge < -0.3 is 4.98 Å². The Morgan fingerprint density at radius 3 is 2.93 bits per heavy atom. The number of para-hydroxylation sites is 1. The van der Waals surface area contributed by atoms with Gasteiger partial charge in [0.1, 0.15) is 11.3 Å². The highest BCUT2D eigenvalue weighted by atomic mass is 19.1. The molecule has 0 spiro atoms. The smallest absolute Gasteiger partial charge is 0.259 e. The number of aldehydes is 1. The lowest BCUT2D eigenvalue weighted by atomic mass is 10.2. The van der Waals surface area contributed by atoms with Crippen LogP contribution < -0.4 is 5.56 Å². The summed E-state index contributed by atoms with van der Waals surface area (Å²) in [6, 6.07) is 4.04. The molecule has 2 aromatic rings. The van der Waals surface area contributed by atoms with E-state index in [1.165, 1.54) is 18.2 Å². The topological polar surface area (TPSA) is 62.8 Å². The van der Waals surface area contributed by atoms with Crippen LogP contribution in [0.5, 0.6) is 0 Å². The molecular formula is C9H5FN2O2. The summed E-state index contributed by atoms with van der Waals surface area (Å²) < 4.78 is 13.2. The molecule has 0 aliphatic carbocycles. The molecule has 2 rings (SSSR count). The van der Waals surface area contributed by atoms with Crippen molar-refractivity contribution in [3.63, 3.8) is 0 Å². The molecule has 0 amide bonds. The first kappa shape index (κ1) is 8.55. The summed E-state index contributed by atoms with van der Waals surface area (Å²) in [5.41, 5.74) is -0.602. The second-order valence-corrected chi connectivity index (χ2v) is 2.71. The Labute approximate surface area is 77.4 Å². The van der Waals surface area contributed by atoms with Crippen molar-refractivity contribution in [1.82, 2.24) is 9.97 Å². The Hall–Kier alpha value is -2.04. The predicted octanol–water partition coefficient (Wildman–Crippen LogP) is 0.875. The molecular weight excluding hydrogens is 187 g/mol. The molecule has 70 valence electrons. The van der Waals surface area contributed by atoms with Crippen molar-refractivity contribution in [2.75, 3.05) is 0 Å². The standard InChI is InChI=1S/C9H5FN2O2/c10-6-3-1-2-5-8(6)11-7(4-13)12-9(5)14/h1-4H,(H,11,12,14). The lowest BCUT2D eigenvalue weighted by molar-refractivity contribution is 0.111. The third-order valence-corrected chi connectivity index (χ3v) is 1.82. The molecule has 5 heteroatoms. The van der Waals surface area contributed by atoms with Crippen molar-refractivity contribution >= 4 is 17.2 Å². The highest BCUT2D eigenvalue weighted by molar-refractivity contribution is 5.81. The second kappa shape index (κ2) is 3.02. The van der Waals surface area contributed by atoms with Gasteiger partial charge >= 0.3 is 0 Å². The number of carbonyl (C=O) groups is 1. The van der Waals surface area contributed by atoms with Crippen molar-refractivity contribution in [2.24, 2.45) is 0 Å². The Morgan fingerprint density at radius 1 is 1.43 bits per heavy atom. The number of aromatic amines is 1. The summed E-state index contributed by atoms with van der Waals surface area (Å²) in [5.74, 6) is -0.788. The van der Waals surface area contributed by atoms with Crippen LogP contribution in [0.4, 0.5) is 4.39 Å². The molecule has 1 aromatic carbocycles. The largest absolute Gasteiger partial charge is 0.304 e. The third-order valence-electron chi connectivity index (χ3n) is 1.82. The molecule has 14 heavy (non-hydrogen) atoms. The van der Waals surface area contributed by atoms with Gasteiger partial charge in [-0.1, -0.05) is 6.07 Å². The van der Waals surface area contributed by atoms with E-state index in [0.29, 0.717) is 6.29 Å². The van der Waals surface area contributed by atoms with E-state index in [4.69, 9.17) is 0 Å². The molecule has 4 nitrogen and oxygen atoms in total. The number of benzene rings is 1. The Morgan fingerprint density at radius 2 is 2.21 bits per heavy atom. The number of nitrogens with zero attached hydrogens (tertiary/aromatic N) is 1. The minimum atomic E-state index is -0.614. The van der Waals surface area contributed by atoms with E-state index in [1.807, 2.05) is 0 Å². The molecule has 1 aromatic heterocycles. The highest BCUT2D eigenvalue weighted by Gasteiger charge is 2.06. The van der Waals surface area contributed by atoms with Crippen LogP contribution in [0.25, 0.3) is 10.9 Å². The maximum Gasteiger partial charge on any atom is 0.259 e. The quantitative estimate of drug-likeness (QED) is 0.682. The SMILES string of the molecule is O=Cc1nc2c(F)cccc2c(=O)[nH]1. The zero-order valence-electron chi connectivity index (χ0n) is 6.95. The van der Waals surface area contributed by atoms with Gasteiger partial charge in [-0.2, -0.15) is 0 Å². The molecule has 0 aliphatic rings. The molecule has 0 atom stereocenters. The number of fused-ring (bicyclic) bond motifs is 1. The average molecular weight is 192 g/mol. The second-order valence-electron chi connectivity index (χ2n) is 2.71. The number of hydrogen-bond acceptors (Lipinski definition) is 3. The Bertz CT molecular complexity index is 562. The normalized spacial score (nSPS) is 10.4. The first-order valence-electron chi connectivity index (χ1n) is 3.86. The van der Waals surface area contributed by atoms with E-state index in [2.05, 4.69) is 9.97 Å².